The molecule has 2 heteroatoms. The van der Waals surface area contributed by atoms with Crippen molar-refractivity contribution in [2.75, 3.05) is 0 Å². The van der Waals surface area contributed by atoms with Gasteiger partial charge in [0.25, 0.3) is 0 Å². The van der Waals surface area contributed by atoms with Crippen LogP contribution in [0.2, 0.25) is 0 Å². The van der Waals surface area contributed by atoms with Gasteiger partial charge >= 0.3 is 0 Å². The molecular formula is C13H15FO. The van der Waals surface area contributed by atoms with Crippen molar-refractivity contribution >= 4 is 5.78 Å². The molecule has 0 unspecified atom stereocenters. The molecule has 80 valence electrons. The zero-order valence-corrected chi connectivity index (χ0v) is 8.92. The van der Waals surface area contributed by atoms with Crippen LogP contribution < -0.4 is 0 Å². The van der Waals surface area contributed by atoms with Crippen LogP contribution in [0.5, 0.6) is 0 Å². The van der Waals surface area contributed by atoms with E-state index in [1.54, 1.807) is 12.1 Å². The molecule has 1 aromatic carbocycles. The first-order chi connectivity index (χ1) is 7.12. The first-order valence-corrected chi connectivity index (χ1v) is 5.42. The molecule has 0 aliphatic heterocycles. The second-order valence-electron chi connectivity index (χ2n) is 4.61. The Morgan fingerprint density at radius 3 is 2.60 bits per heavy atom. The van der Waals surface area contributed by atoms with Gasteiger partial charge in [-0.15, -0.1) is 0 Å². The molecule has 0 N–H and O–H groups in total. The van der Waals surface area contributed by atoms with Gasteiger partial charge in [-0.25, -0.2) is 4.39 Å². The van der Waals surface area contributed by atoms with Crippen molar-refractivity contribution in [3.05, 3.63) is 35.6 Å². The standard InChI is InChI=1S/C13H15FO/c1-13(7-2-3-8-13)12(15)10-5-4-6-11(14)9-10/h4-6,9H,2-3,7-8H2,1H3. The molecule has 0 aromatic heterocycles. The smallest absolute Gasteiger partial charge is 0.168 e. The number of hydrogen-bond donors (Lipinski definition) is 0. The molecule has 0 spiro atoms. The Morgan fingerprint density at radius 2 is 2.00 bits per heavy atom. The summed E-state index contributed by atoms with van der Waals surface area (Å²) < 4.78 is 13.0. The Kier molecular flexibility index (Phi) is 2.59. The fraction of sp³-hybridized carbons (Fsp3) is 0.462. The van der Waals surface area contributed by atoms with Crippen molar-refractivity contribution in [3.8, 4) is 0 Å². The molecule has 1 aliphatic rings. The van der Waals surface area contributed by atoms with Crippen LogP contribution >= 0.6 is 0 Å². The Morgan fingerprint density at radius 1 is 1.33 bits per heavy atom. The predicted octanol–water partition coefficient (Wildman–Crippen LogP) is 3.59. The van der Waals surface area contributed by atoms with Crippen LogP contribution in [-0.2, 0) is 0 Å². The van der Waals surface area contributed by atoms with Crippen molar-refractivity contribution in [1.29, 1.82) is 0 Å². The monoisotopic (exact) mass is 206 g/mol. The fourth-order valence-corrected chi connectivity index (χ4v) is 2.36. The molecule has 1 nitrogen and oxygen atoms in total. The summed E-state index contributed by atoms with van der Waals surface area (Å²) in [4.78, 5) is 12.2. The van der Waals surface area contributed by atoms with Gasteiger partial charge in [-0.2, -0.15) is 0 Å². The third-order valence-corrected chi connectivity index (χ3v) is 3.34. The van der Waals surface area contributed by atoms with E-state index in [0.717, 1.165) is 25.7 Å². The van der Waals surface area contributed by atoms with E-state index in [4.69, 9.17) is 0 Å². The van der Waals surface area contributed by atoms with Crippen LogP contribution in [-0.4, -0.2) is 5.78 Å². The lowest BCUT2D eigenvalue weighted by molar-refractivity contribution is 0.0823. The van der Waals surface area contributed by atoms with E-state index >= 15 is 0 Å². The number of hydrogen-bond acceptors (Lipinski definition) is 1. The topological polar surface area (TPSA) is 17.1 Å². The molecule has 1 aromatic rings. The van der Waals surface area contributed by atoms with Gasteiger partial charge in [0.2, 0.25) is 0 Å². The maximum atomic E-state index is 13.0. The molecule has 0 bridgehead atoms. The molecule has 15 heavy (non-hydrogen) atoms. The first-order valence-electron chi connectivity index (χ1n) is 5.42. The van der Waals surface area contributed by atoms with E-state index in [9.17, 15) is 9.18 Å². The minimum absolute atomic E-state index is 0.0968. The molecule has 0 saturated heterocycles. The number of rotatable bonds is 2. The summed E-state index contributed by atoms with van der Waals surface area (Å²) in [6, 6.07) is 6.01. The largest absolute Gasteiger partial charge is 0.294 e. The average molecular weight is 206 g/mol. The average Bonchev–Trinajstić information content (AvgIpc) is 2.65. The Bertz CT molecular complexity index is 378. The minimum atomic E-state index is -0.331. The van der Waals surface area contributed by atoms with Gasteiger partial charge in [-0.1, -0.05) is 31.9 Å². The van der Waals surface area contributed by atoms with Crippen LogP contribution in [0.4, 0.5) is 4.39 Å². The highest BCUT2D eigenvalue weighted by molar-refractivity contribution is 6.00. The van der Waals surface area contributed by atoms with Crippen molar-refractivity contribution in [2.45, 2.75) is 32.6 Å². The van der Waals surface area contributed by atoms with E-state index in [1.807, 2.05) is 6.92 Å². The van der Waals surface area contributed by atoms with Gasteiger partial charge in [0.05, 0.1) is 0 Å². The highest BCUT2D eigenvalue weighted by Crippen LogP contribution is 2.40. The lowest BCUT2D eigenvalue weighted by Crippen LogP contribution is -2.24. The normalized spacial score (nSPS) is 19.1. The van der Waals surface area contributed by atoms with Gasteiger partial charge < -0.3 is 0 Å². The van der Waals surface area contributed by atoms with Gasteiger partial charge in [-0.05, 0) is 25.0 Å². The number of ketones is 1. The van der Waals surface area contributed by atoms with Crippen LogP contribution in [0.3, 0.4) is 0 Å². The molecule has 2 rings (SSSR count). The van der Waals surface area contributed by atoms with Crippen molar-refractivity contribution < 1.29 is 9.18 Å². The highest BCUT2D eigenvalue weighted by atomic mass is 19.1. The number of halogens is 1. The Balaban J connectivity index is 2.27. The number of carbonyl (C=O) groups is 1. The van der Waals surface area contributed by atoms with E-state index < -0.39 is 0 Å². The summed E-state index contributed by atoms with van der Waals surface area (Å²) in [6.45, 7) is 1.99. The molecule has 1 fully saturated rings. The third-order valence-electron chi connectivity index (χ3n) is 3.34. The molecular weight excluding hydrogens is 191 g/mol. The lowest BCUT2D eigenvalue weighted by Gasteiger charge is -2.21. The summed E-state index contributed by atoms with van der Waals surface area (Å²) in [5, 5.41) is 0. The second-order valence-corrected chi connectivity index (χ2v) is 4.61. The number of Topliss-reactive ketones (excluding diaryl/α,β-unsaturated/α-hetero) is 1. The molecule has 0 radical (unpaired) electrons. The summed E-state index contributed by atoms with van der Waals surface area (Å²) >= 11 is 0. The molecule has 0 atom stereocenters. The summed E-state index contributed by atoms with van der Waals surface area (Å²) in [5.74, 6) is -0.234. The van der Waals surface area contributed by atoms with Gasteiger partial charge in [0, 0.05) is 11.0 Å². The van der Waals surface area contributed by atoms with Gasteiger partial charge in [0.15, 0.2) is 5.78 Å². The number of benzene rings is 1. The molecule has 1 aliphatic carbocycles. The number of carbonyl (C=O) groups excluding carboxylic acids is 1. The highest BCUT2D eigenvalue weighted by Gasteiger charge is 2.36. The molecule has 1 saturated carbocycles. The Labute approximate surface area is 89.3 Å². The maximum absolute atomic E-state index is 13.0. The SMILES string of the molecule is CC1(C(=O)c2cccc(F)c2)CCCC1. The zero-order chi connectivity index (χ0) is 10.9. The predicted molar refractivity (Wildman–Crippen MR) is 57.3 cm³/mol. The van der Waals surface area contributed by atoms with E-state index in [0.29, 0.717) is 5.56 Å². The van der Waals surface area contributed by atoms with Crippen molar-refractivity contribution in [2.24, 2.45) is 5.41 Å². The van der Waals surface area contributed by atoms with Crippen LogP contribution in [0.15, 0.2) is 24.3 Å². The lowest BCUT2D eigenvalue weighted by atomic mass is 9.81. The molecule has 0 amide bonds. The Hall–Kier alpha value is -1.18. The second kappa shape index (κ2) is 3.76. The van der Waals surface area contributed by atoms with Gasteiger partial charge in [-0.3, -0.25) is 4.79 Å². The van der Waals surface area contributed by atoms with E-state index in [2.05, 4.69) is 0 Å². The van der Waals surface area contributed by atoms with Crippen LogP contribution in [0.1, 0.15) is 43.0 Å². The zero-order valence-electron chi connectivity index (χ0n) is 8.92. The van der Waals surface area contributed by atoms with E-state index in [1.165, 1.54) is 12.1 Å². The van der Waals surface area contributed by atoms with Crippen LogP contribution in [0.25, 0.3) is 0 Å². The summed E-state index contributed by atoms with van der Waals surface area (Å²) in [5.41, 5.74) is 0.257. The third kappa shape index (κ3) is 1.94. The van der Waals surface area contributed by atoms with E-state index in [-0.39, 0.29) is 17.0 Å². The van der Waals surface area contributed by atoms with Gasteiger partial charge in [0.1, 0.15) is 5.82 Å². The minimum Gasteiger partial charge on any atom is -0.294 e. The summed E-state index contributed by atoms with van der Waals surface area (Å²) in [7, 11) is 0. The summed E-state index contributed by atoms with van der Waals surface area (Å²) in [6.07, 6.45) is 4.08. The fourth-order valence-electron chi connectivity index (χ4n) is 2.36. The maximum Gasteiger partial charge on any atom is 0.168 e. The van der Waals surface area contributed by atoms with Crippen molar-refractivity contribution in [3.63, 3.8) is 0 Å². The first kappa shape index (κ1) is 10.3. The van der Waals surface area contributed by atoms with Crippen LogP contribution in [0, 0.1) is 11.2 Å². The molecule has 0 heterocycles. The van der Waals surface area contributed by atoms with Crippen molar-refractivity contribution in [1.82, 2.24) is 0 Å². The quantitative estimate of drug-likeness (QED) is 0.676.